The maximum Gasteiger partial charge on any atom is 0.0714 e. The van der Waals surface area contributed by atoms with Gasteiger partial charge in [-0.05, 0) is 174 Å². The molecule has 2 heteroatoms. The van der Waals surface area contributed by atoms with Crippen LogP contribution in [0.2, 0.25) is 0 Å². The van der Waals surface area contributed by atoms with Crippen molar-refractivity contribution in [2.75, 3.05) is 9.80 Å². The number of nitrogens with zero attached hydrogens (tertiary/aromatic N) is 2. The van der Waals surface area contributed by atoms with Gasteiger partial charge in [0.25, 0.3) is 0 Å². The largest absolute Gasteiger partial charge is 0.310 e. The molecule has 0 aromatic heterocycles. The van der Waals surface area contributed by atoms with Crippen LogP contribution in [-0.2, 0) is 5.41 Å². The van der Waals surface area contributed by atoms with Gasteiger partial charge in [-0.2, -0.15) is 0 Å². The Morgan fingerprint density at radius 2 is 0.494 bits per heavy atom. The first kappa shape index (κ1) is 48.8. The fourth-order valence-corrected chi connectivity index (χ4v) is 12.4. The smallest absolute Gasteiger partial charge is 0.0714 e. The van der Waals surface area contributed by atoms with E-state index in [1.807, 2.05) is 0 Å². The molecule has 0 bridgehead atoms. The fraction of sp³-hybridized carbons (Fsp3) is 0.0127. The summed E-state index contributed by atoms with van der Waals surface area (Å²) >= 11 is 0. The van der Waals surface area contributed by atoms with Crippen LogP contribution in [-0.4, -0.2) is 0 Å². The number of hydrogen-bond donors (Lipinski definition) is 0. The Morgan fingerprint density at radius 3 is 0.963 bits per heavy atom. The second-order valence-corrected chi connectivity index (χ2v) is 20.8. The highest BCUT2D eigenvalue weighted by Gasteiger charge is 2.46. The van der Waals surface area contributed by atoms with Gasteiger partial charge in [0.1, 0.15) is 0 Å². The highest BCUT2D eigenvalue weighted by atomic mass is 15.1. The summed E-state index contributed by atoms with van der Waals surface area (Å²) < 4.78 is 0. The minimum Gasteiger partial charge on any atom is -0.310 e. The SMILES string of the molecule is c1ccc(-c2cccc(N(c3ccccc3)c3ccc(-c4cc(-c5ccccc5)c(-c5ccc(N(c6ccccc6)c6ccc7c(c6)C(c6ccccc6)(c6ccccc6)c6ccccc6-7)cc5)cc4-c4ccccc4)cc3)c2)cc1. The van der Waals surface area contributed by atoms with Crippen LogP contribution in [0.25, 0.3) is 66.8 Å². The summed E-state index contributed by atoms with van der Waals surface area (Å²) in [7, 11) is 0. The van der Waals surface area contributed by atoms with E-state index in [1.165, 1.54) is 61.2 Å². The van der Waals surface area contributed by atoms with Crippen molar-refractivity contribution in [2.24, 2.45) is 0 Å². The molecule has 0 amide bonds. The second-order valence-electron chi connectivity index (χ2n) is 20.8. The zero-order valence-corrected chi connectivity index (χ0v) is 44.7. The average Bonchev–Trinajstić information content (AvgIpc) is 3.87. The third-order valence-corrected chi connectivity index (χ3v) is 16.1. The lowest BCUT2D eigenvalue weighted by Gasteiger charge is -2.35. The number of anilines is 6. The Kier molecular flexibility index (Phi) is 12.9. The minimum absolute atomic E-state index is 0.521. The van der Waals surface area contributed by atoms with Gasteiger partial charge in [-0.15, -0.1) is 0 Å². The number of rotatable bonds is 13. The molecule has 1 aliphatic carbocycles. The van der Waals surface area contributed by atoms with Gasteiger partial charge in [0.15, 0.2) is 0 Å². The molecule has 0 spiro atoms. The van der Waals surface area contributed by atoms with Crippen molar-refractivity contribution in [2.45, 2.75) is 5.41 Å². The highest BCUT2D eigenvalue weighted by molar-refractivity contribution is 5.97. The first-order valence-electron chi connectivity index (χ1n) is 27.9. The Morgan fingerprint density at radius 1 is 0.173 bits per heavy atom. The van der Waals surface area contributed by atoms with Gasteiger partial charge in [-0.1, -0.05) is 255 Å². The Bertz CT molecular complexity index is 4240. The molecule has 1 aliphatic rings. The molecule has 382 valence electrons. The average molecular weight is 1030 g/mol. The summed E-state index contributed by atoms with van der Waals surface area (Å²) in [5, 5.41) is 0. The normalized spacial score (nSPS) is 12.0. The monoisotopic (exact) mass is 1030 g/mol. The van der Waals surface area contributed by atoms with E-state index in [9.17, 15) is 0 Å². The maximum atomic E-state index is 2.45. The van der Waals surface area contributed by atoms with Crippen molar-refractivity contribution < 1.29 is 0 Å². The molecule has 0 N–H and O–H groups in total. The molecule has 13 aromatic carbocycles. The topological polar surface area (TPSA) is 6.48 Å². The first-order valence-corrected chi connectivity index (χ1v) is 27.9. The van der Waals surface area contributed by atoms with Crippen LogP contribution in [0, 0.1) is 0 Å². The quantitative estimate of drug-likeness (QED) is 0.114. The van der Waals surface area contributed by atoms with E-state index in [0.717, 1.165) is 61.9 Å². The minimum atomic E-state index is -0.521. The van der Waals surface area contributed by atoms with Gasteiger partial charge in [0.05, 0.1) is 5.41 Å². The summed E-state index contributed by atoms with van der Waals surface area (Å²) in [5.74, 6) is 0. The summed E-state index contributed by atoms with van der Waals surface area (Å²) in [5.41, 5.74) is 25.2. The molecule has 0 radical (unpaired) electrons. The van der Waals surface area contributed by atoms with Crippen molar-refractivity contribution in [1.82, 2.24) is 0 Å². The van der Waals surface area contributed by atoms with E-state index in [-0.39, 0.29) is 0 Å². The van der Waals surface area contributed by atoms with Gasteiger partial charge < -0.3 is 9.80 Å². The van der Waals surface area contributed by atoms with E-state index in [4.69, 9.17) is 0 Å². The highest BCUT2D eigenvalue weighted by Crippen LogP contribution is 2.57. The molecule has 81 heavy (non-hydrogen) atoms. The predicted octanol–water partition coefficient (Wildman–Crippen LogP) is 21.3. The van der Waals surface area contributed by atoms with Gasteiger partial charge in [-0.3, -0.25) is 0 Å². The van der Waals surface area contributed by atoms with Gasteiger partial charge in [0.2, 0.25) is 0 Å². The molecule has 0 saturated heterocycles. The molecule has 14 rings (SSSR count). The van der Waals surface area contributed by atoms with E-state index in [2.05, 4.69) is 350 Å². The molecule has 0 saturated carbocycles. The van der Waals surface area contributed by atoms with Crippen LogP contribution in [0.3, 0.4) is 0 Å². The lowest BCUT2D eigenvalue weighted by atomic mass is 9.67. The Labute approximate surface area is 475 Å². The summed E-state index contributed by atoms with van der Waals surface area (Å²) in [6.07, 6.45) is 0. The standard InChI is InChI=1S/C79H56N2/c1-8-25-57(26-9-1)62-31-24-40-69(53-62)80(65-36-18-6-19-37-65)67-47-43-60(44-48-67)75-55-74(59-29-12-3-13-30-59)76(56-73(75)58-27-10-2-11-28-58)61-45-49-68(50-46-61)81(66-38-20-7-21-39-66)70-51-52-72-71-41-22-23-42-77(71)79(78(72)54-70,63-32-14-4-15-33-63)64-34-16-5-17-35-64/h1-56H. The van der Waals surface area contributed by atoms with E-state index in [0.29, 0.717) is 0 Å². The summed E-state index contributed by atoms with van der Waals surface area (Å²) in [4.78, 5) is 4.76. The second kappa shape index (κ2) is 21.4. The molecule has 0 heterocycles. The molecule has 13 aromatic rings. The number of para-hydroxylation sites is 2. The molecule has 0 unspecified atom stereocenters. The van der Waals surface area contributed by atoms with Gasteiger partial charge in [0, 0.05) is 34.1 Å². The van der Waals surface area contributed by atoms with E-state index < -0.39 is 5.41 Å². The van der Waals surface area contributed by atoms with Crippen molar-refractivity contribution in [3.05, 3.63) is 362 Å². The van der Waals surface area contributed by atoms with Crippen LogP contribution in [0.15, 0.2) is 340 Å². The van der Waals surface area contributed by atoms with Crippen molar-refractivity contribution in [3.8, 4) is 66.8 Å². The third kappa shape index (κ3) is 9.00. The number of fused-ring (bicyclic) bond motifs is 3. The first-order chi connectivity index (χ1) is 40.2. The Hall–Kier alpha value is -10.5. The van der Waals surface area contributed by atoms with Gasteiger partial charge in [-0.25, -0.2) is 0 Å². The van der Waals surface area contributed by atoms with Crippen molar-refractivity contribution in [3.63, 3.8) is 0 Å². The van der Waals surface area contributed by atoms with Crippen LogP contribution in [0.5, 0.6) is 0 Å². The van der Waals surface area contributed by atoms with Gasteiger partial charge >= 0.3 is 0 Å². The molecular formula is C79H56N2. The Balaban J connectivity index is 0.888. The molecular weight excluding hydrogens is 977 g/mol. The summed E-state index contributed by atoms with van der Waals surface area (Å²) in [6, 6.07) is 124. The van der Waals surface area contributed by atoms with E-state index in [1.54, 1.807) is 0 Å². The summed E-state index contributed by atoms with van der Waals surface area (Å²) in [6.45, 7) is 0. The zero-order chi connectivity index (χ0) is 54.0. The number of hydrogen-bond acceptors (Lipinski definition) is 2. The third-order valence-electron chi connectivity index (χ3n) is 16.1. The lowest BCUT2D eigenvalue weighted by molar-refractivity contribution is 0.768. The van der Waals surface area contributed by atoms with Crippen LogP contribution in [0.4, 0.5) is 34.1 Å². The van der Waals surface area contributed by atoms with Crippen LogP contribution < -0.4 is 9.80 Å². The molecule has 0 aliphatic heterocycles. The predicted molar refractivity (Wildman–Crippen MR) is 340 cm³/mol. The molecule has 0 atom stereocenters. The molecule has 0 fully saturated rings. The van der Waals surface area contributed by atoms with Crippen molar-refractivity contribution in [1.29, 1.82) is 0 Å². The van der Waals surface area contributed by atoms with Crippen molar-refractivity contribution >= 4 is 34.1 Å². The van der Waals surface area contributed by atoms with E-state index >= 15 is 0 Å². The molecule has 2 nitrogen and oxygen atoms in total. The maximum absolute atomic E-state index is 2.45. The fourth-order valence-electron chi connectivity index (χ4n) is 12.4. The zero-order valence-electron chi connectivity index (χ0n) is 44.7. The lowest BCUT2D eigenvalue weighted by Crippen LogP contribution is -2.28. The van der Waals surface area contributed by atoms with Crippen LogP contribution in [0.1, 0.15) is 22.3 Å². The van der Waals surface area contributed by atoms with Crippen LogP contribution >= 0.6 is 0 Å². The number of benzene rings is 13.